The number of carboxylic acid groups (broad SMARTS) is 1. The Kier molecular flexibility index (Phi) is 4.71. The molecule has 0 aliphatic rings. The van der Waals surface area contributed by atoms with Crippen LogP contribution in [0.5, 0.6) is 5.75 Å². The molecule has 1 rings (SSSR count). The van der Waals surface area contributed by atoms with Crippen molar-refractivity contribution in [1.82, 2.24) is 9.88 Å². The standard InChI is InChI=1S/C9H10FIN2O3/c1-13(9(14)15)2-3-16-7-5-12-8(10)4-6(7)11/h4-5H,2-3H2,1H3,(H,14,15). The van der Waals surface area contributed by atoms with Crippen LogP contribution in [-0.4, -0.2) is 41.3 Å². The van der Waals surface area contributed by atoms with Crippen molar-refractivity contribution < 1.29 is 19.0 Å². The first-order chi connectivity index (χ1) is 7.50. The third kappa shape index (κ3) is 3.80. The van der Waals surface area contributed by atoms with E-state index in [0.717, 1.165) is 4.90 Å². The van der Waals surface area contributed by atoms with E-state index in [9.17, 15) is 9.18 Å². The molecule has 0 spiro atoms. The maximum Gasteiger partial charge on any atom is 0.407 e. The summed E-state index contributed by atoms with van der Waals surface area (Å²) in [6, 6.07) is 1.25. The summed E-state index contributed by atoms with van der Waals surface area (Å²) >= 11 is 1.92. The molecular weight excluding hydrogens is 330 g/mol. The average molecular weight is 340 g/mol. The number of aromatic nitrogens is 1. The molecule has 0 aliphatic heterocycles. The van der Waals surface area contributed by atoms with Crippen LogP contribution >= 0.6 is 22.6 Å². The van der Waals surface area contributed by atoms with Gasteiger partial charge in [0.2, 0.25) is 5.95 Å². The summed E-state index contributed by atoms with van der Waals surface area (Å²) in [7, 11) is 1.44. The van der Waals surface area contributed by atoms with Gasteiger partial charge in [-0.2, -0.15) is 4.39 Å². The van der Waals surface area contributed by atoms with Gasteiger partial charge in [-0.25, -0.2) is 9.78 Å². The number of ether oxygens (including phenoxy) is 1. The lowest BCUT2D eigenvalue weighted by atomic mass is 10.4. The van der Waals surface area contributed by atoms with Gasteiger partial charge in [0.05, 0.1) is 16.3 Å². The molecule has 1 N–H and O–H groups in total. The molecule has 0 saturated carbocycles. The smallest absolute Gasteiger partial charge is 0.407 e. The molecule has 0 unspecified atom stereocenters. The molecule has 0 aliphatic carbocycles. The molecule has 88 valence electrons. The fraction of sp³-hybridized carbons (Fsp3) is 0.333. The SMILES string of the molecule is CN(CCOc1cnc(F)cc1I)C(=O)O. The molecule has 7 heteroatoms. The van der Waals surface area contributed by atoms with Crippen LogP contribution in [0.2, 0.25) is 0 Å². The van der Waals surface area contributed by atoms with Crippen LogP contribution in [0.4, 0.5) is 9.18 Å². The van der Waals surface area contributed by atoms with Crippen molar-refractivity contribution in [2.45, 2.75) is 0 Å². The molecule has 1 heterocycles. The largest absolute Gasteiger partial charge is 0.489 e. The summed E-state index contributed by atoms with van der Waals surface area (Å²) < 4.78 is 18.5. The first kappa shape index (κ1) is 12.9. The number of rotatable bonds is 4. The van der Waals surface area contributed by atoms with Crippen LogP contribution < -0.4 is 4.74 Å². The van der Waals surface area contributed by atoms with Crippen LogP contribution in [0.1, 0.15) is 0 Å². The highest BCUT2D eigenvalue weighted by atomic mass is 127. The van der Waals surface area contributed by atoms with Crippen LogP contribution in [0.25, 0.3) is 0 Å². The first-order valence-electron chi connectivity index (χ1n) is 4.38. The Hall–Kier alpha value is -1.12. The summed E-state index contributed by atoms with van der Waals surface area (Å²) in [6.07, 6.45) is 0.258. The van der Waals surface area contributed by atoms with Crippen molar-refractivity contribution in [2.24, 2.45) is 0 Å². The minimum atomic E-state index is -1.02. The van der Waals surface area contributed by atoms with E-state index < -0.39 is 12.0 Å². The van der Waals surface area contributed by atoms with Crippen molar-refractivity contribution in [3.63, 3.8) is 0 Å². The van der Waals surface area contributed by atoms with E-state index in [-0.39, 0.29) is 13.2 Å². The number of halogens is 2. The van der Waals surface area contributed by atoms with E-state index in [1.807, 2.05) is 22.6 Å². The van der Waals surface area contributed by atoms with Gasteiger partial charge in [-0.3, -0.25) is 0 Å². The van der Waals surface area contributed by atoms with E-state index in [2.05, 4.69) is 4.98 Å². The lowest BCUT2D eigenvalue weighted by molar-refractivity contribution is 0.147. The molecule has 0 saturated heterocycles. The molecule has 0 bridgehead atoms. The Morgan fingerprint density at radius 1 is 1.75 bits per heavy atom. The van der Waals surface area contributed by atoms with Crippen molar-refractivity contribution in [3.05, 3.63) is 21.8 Å². The lowest BCUT2D eigenvalue weighted by Crippen LogP contribution is -2.29. The monoisotopic (exact) mass is 340 g/mol. The number of pyridine rings is 1. The molecule has 1 aromatic rings. The van der Waals surface area contributed by atoms with Gasteiger partial charge in [0, 0.05) is 13.1 Å². The molecular formula is C9H10FIN2O3. The third-order valence-corrected chi connectivity index (χ3v) is 2.64. The molecule has 0 aromatic carbocycles. The zero-order chi connectivity index (χ0) is 12.1. The Morgan fingerprint density at radius 3 is 3.00 bits per heavy atom. The van der Waals surface area contributed by atoms with Gasteiger partial charge in [-0.1, -0.05) is 0 Å². The summed E-state index contributed by atoms with van der Waals surface area (Å²) in [5, 5.41) is 8.58. The van der Waals surface area contributed by atoms with E-state index >= 15 is 0 Å². The van der Waals surface area contributed by atoms with E-state index in [4.69, 9.17) is 9.84 Å². The number of amides is 1. The zero-order valence-corrected chi connectivity index (χ0v) is 10.6. The number of hydrogen-bond donors (Lipinski definition) is 1. The van der Waals surface area contributed by atoms with Gasteiger partial charge < -0.3 is 14.7 Å². The Bertz CT molecular complexity index is 389. The lowest BCUT2D eigenvalue weighted by Gasteiger charge is -2.13. The molecule has 16 heavy (non-hydrogen) atoms. The summed E-state index contributed by atoms with van der Waals surface area (Å²) in [5.74, 6) is -0.125. The van der Waals surface area contributed by atoms with Crippen LogP contribution in [-0.2, 0) is 0 Å². The molecule has 0 fully saturated rings. The first-order valence-corrected chi connectivity index (χ1v) is 5.46. The maximum absolute atomic E-state index is 12.6. The number of likely N-dealkylation sites (N-methyl/N-ethyl adjacent to an activating group) is 1. The quantitative estimate of drug-likeness (QED) is 0.671. The average Bonchev–Trinajstić information content (AvgIpc) is 2.20. The van der Waals surface area contributed by atoms with Gasteiger partial charge >= 0.3 is 6.09 Å². The van der Waals surface area contributed by atoms with Crippen LogP contribution in [0, 0.1) is 9.52 Å². The van der Waals surface area contributed by atoms with E-state index in [1.165, 1.54) is 19.3 Å². The second kappa shape index (κ2) is 5.83. The predicted octanol–water partition coefficient (Wildman–Crippen LogP) is 1.81. The van der Waals surface area contributed by atoms with Crippen LogP contribution in [0.15, 0.2) is 12.3 Å². The van der Waals surface area contributed by atoms with Gasteiger partial charge in [-0.15, -0.1) is 0 Å². The number of nitrogens with zero attached hydrogens (tertiary/aromatic N) is 2. The van der Waals surface area contributed by atoms with E-state index in [0.29, 0.717) is 9.32 Å². The summed E-state index contributed by atoms with van der Waals surface area (Å²) in [4.78, 5) is 15.0. The predicted molar refractivity (Wildman–Crippen MR) is 63.1 cm³/mol. The summed E-state index contributed by atoms with van der Waals surface area (Å²) in [5.41, 5.74) is 0. The highest BCUT2D eigenvalue weighted by molar-refractivity contribution is 14.1. The van der Waals surface area contributed by atoms with Gasteiger partial charge in [0.15, 0.2) is 5.75 Å². The van der Waals surface area contributed by atoms with Crippen molar-refractivity contribution in [2.75, 3.05) is 20.2 Å². The highest BCUT2D eigenvalue weighted by Gasteiger charge is 2.07. The highest BCUT2D eigenvalue weighted by Crippen LogP contribution is 2.19. The summed E-state index contributed by atoms with van der Waals surface area (Å²) in [6.45, 7) is 0.439. The minimum Gasteiger partial charge on any atom is -0.489 e. The zero-order valence-electron chi connectivity index (χ0n) is 8.48. The molecule has 5 nitrogen and oxygen atoms in total. The Balaban J connectivity index is 2.46. The van der Waals surface area contributed by atoms with E-state index in [1.54, 1.807) is 0 Å². The van der Waals surface area contributed by atoms with Crippen molar-refractivity contribution >= 4 is 28.7 Å². The fourth-order valence-corrected chi connectivity index (χ4v) is 1.44. The van der Waals surface area contributed by atoms with Crippen molar-refractivity contribution in [3.8, 4) is 5.75 Å². The Labute approximate surface area is 105 Å². The van der Waals surface area contributed by atoms with Crippen LogP contribution in [0.3, 0.4) is 0 Å². The number of hydrogen-bond acceptors (Lipinski definition) is 3. The second-order valence-corrected chi connectivity index (χ2v) is 4.15. The van der Waals surface area contributed by atoms with Crippen molar-refractivity contribution in [1.29, 1.82) is 0 Å². The van der Waals surface area contributed by atoms with Gasteiger partial charge in [-0.05, 0) is 22.6 Å². The fourth-order valence-electron chi connectivity index (χ4n) is 0.889. The molecule has 1 aromatic heterocycles. The second-order valence-electron chi connectivity index (χ2n) is 2.99. The third-order valence-electron chi connectivity index (χ3n) is 1.80. The van der Waals surface area contributed by atoms with Gasteiger partial charge in [0.25, 0.3) is 0 Å². The Morgan fingerprint density at radius 2 is 2.44 bits per heavy atom. The molecule has 1 amide bonds. The molecule has 0 atom stereocenters. The number of carbonyl (C=O) groups is 1. The topological polar surface area (TPSA) is 62.7 Å². The van der Waals surface area contributed by atoms with Gasteiger partial charge in [0.1, 0.15) is 6.61 Å². The maximum atomic E-state index is 12.6. The molecule has 0 radical (unpaired) electrons. The minimum absolute atomic E-state index is 0.201. The normalized spacial score (nSPS) is 9.94.